The van der Waals surface area contributed by atoms with E-state index in [-0.39, 0.29) is 0 Å². The van der Waals surface area contributed by atoms with Crippen LogP contribution in [-0.4, -0.2) is 15.0 Å². The van der Waals surface area contributed by atoms with Gasteiger partial charge in [0.25, 0.3) is 0 Å². The van der Waals surface area contributed by atoms with Crippen LogP contribution in [0.1, 0.15) is 0 Å². The predicted molar refractivity (Wildman–Crippen MR) is 76.7 cm³/mol. The zero-order valence-corrected chi connectivity index (χ0v) is 11.3. The molecule has 0 atom stereocenters. The Hall–Kier alpha value is -1.36. The number of hydrogen-bond donors (Lipinski definition) is 2. The van der Waals surface area contributed by atoms with E-state index in [9.17, 15) is 0 Å². The minimum atomic E-state index is 0.487. The summed E-state index contributed by atoms with van der Waals surface area (Å²) in [6.45, 7) is 0. The van der Waals surface area contributed by atoms with Gasteiger partial charge >= 0.3 is 0 Å². The number of aromatic amines is 2. The van der Waals surface area contributed by atoms with E-state index in [1.165, 1.54) is 0 Å². The number of pyridine rings is 1. The molecule has 3 aromatic rings. The number of halogens is 2. The highest BCUT2D eigenvalue weighted by Crippen LogP contribution is 2.28. The molecule has 0 bridgehead atoms. The fourth-order valence-corrected chi connectivity index (χ4v) is 2.29. The number of hydrogen-bond acceptors (Lipinski definition) is 2. The molecule has 0 aliphatic rings. The van der Waals surface area contributed by atoms with Crippen LogP contribution in [0.25, 0.3) is 22.4 Å². The van der Waals surface area contributed by atoms with Crippen molar-refractivity contribution in [3.05, 3.63) is 45.1 Å². The van der Waals surface area contributed by atoms with Crippen LogP contribution in [0.4, 0.5) is 0 Å². The highest BCUT2D eigenvalue weighted by Gasteiger charge is 2.09. The number of rotatable bonds is 1. The molecule has 1 aromatic carbocycles. The molecule has 2 heterocycles. The second-order valence-corrected chi connectivity index (χ2v) is 5.00. The van der Waals surface area contributed by atoms with Gasteiger partial charge < -0.3 is 9.97 Å². The van der Waals surface area contributed by atoms with Crippen molar-refractivity contribution < 1.29 is 0 Å². The van der Waals surface area contributed by atoms with E-state index in [2.05, 4.69) is 15.0 Å². The standard InChI is InChI=1S/C12H7Cl2N3S/c13-7-4-9-10(5-8(7)14)17-11(16-9)6-2-1-3-15-12(6)18/h1-5H,(H,15,18)(H,16,17). The lowest BCUT2D eigenvalue weighted by Gasteiger charge is -1.95. The van der Waals surface area contributed by atoms with Crippen LogP contribution in [0.15, 0.2) is 30.5 Å². The van der Waals surface area contributed by atoms with Crippen molar-refractivity contribution in [1.29, 1.82) is 0 Å². The highest BCUT2D eigenvalue weighted by atomic mass is 35.5. The minimum absolute atomic E-state index is 0.487. The van der Waals surface area contributed by atoms with Gasteiger partial charge in [0.05, 0.1) is 26.6 Å². The van der Waals surface area contributed by atoms with Gasteiger partial charge in [0, 0.05) is 6.20 Å². The van der Waals surface area contributed by atoms with Crippen molar-refractivity contribution in [3.63, 3.8) is 0 Å². The van der Waals surface area contributed by atoms with Crippen molar-refractivity contribution in [3.8, 4) is 11.4 Å². The molecule has 0 saturated heterocycles. The summed E-state index contributed by atoms with van der Waals surface area (Å²) < 4.78 is 0.633. The lowest BCUT2D eigenvalue weighted by molar-refractivity contribution is 1.25. The lowest BCUT2D eigenvalue weighted by atomic mass is 10.3. The van der Waals surface area contributed by atoms with Gasteiger partial charge in [-0.1, -0.05) is 35.4 Å². The molecule has 0 saturated carbocycles. The zero-order valence-electron chi connectivity index (χ0n) is 9.00. The molecule has 0 spiro atoms. The molecule has 0 radical (unpaired) electrons. The Bertz CT molecular complexity index is 752. The maximum absolute atomic E-state index is 5.97. The number of nitrogens with one attached hydrogen (secondary N) is 2. The second kappa shape index (κ2) is 4.39. The molecule has 6 heteroatoms. The van der Waals surface area contributed by atoms with E-state index in [4.69, 9.17) is 35.4 Å². The van der Waals surface area contributed by atoms with E-state index in [0.29, 0.717) is 20.5 Å². The number of imidazole rings is 1. The Labute approximate surface area is 118 Å². The zero-order chi connectivity index (χ0) is 12.7. The Kier molecular flexibility index (Phi) is 2.86. The fraction of sp³-hybridized carbons (Fsp3) is 0. The first-order chi connectivity index (χ1) is 8.65. The van der Waals surface area contributed by atoms with Crippen LogP contribution in [0.5, 0.6) is 0 Å². The second-order valence-electron chi connectivity index (χ2n) is 3.78. The summed E-state index contributed by atoms with van der Waals surface area (Å²) >= 11 is 17.2. The maximum atomic E-state index is 5.97. The molecule has 3 nitrogen and oxygen atoms in total. The average molecular weight is 296 g/mol. The minimum Gasteiger partial charge on any atom is -0.352 e. The Morgan fingerprint density at radius 2 is 1.94 bits per heavy atom. The summed E-state index contributed by atoms with van der Waals surface area (Å²) in [5, 5.41) is 0.984. The third kappa shape index (κ3) is 1.92. The number of aromatic nitrogens is 3. The summed E-state index contributed by atoms with van der Waals surface area (Å²) in [6.07, 6.45) is 1.78. The fourth-order valence-electron chi connectivity index (χ4n) is 1.74. The van der Waals surface area contributed by atoms with Crippen LogP contribution >= 0.6 is 35.4 Å². The third-order valence-corrected chi connectivity index (χ3v) is 3.66. The average Bonchev–Trinajstić information content (AvgIpc) is 2.73. The molecule has 18 heavy (non-hydrogen) atoms. The summed E-state index contributed by atoms with van der Waals surface area (Å²) in [6, 6.07) is 7.26. The molecule has 2 aromatic heterocycles. The van der Waals surface area contributed by atoms with Gasteiger partial charge in [0.1, 0.15) is 10.5 Å². The molecule has 0 unspecified atom stereocenters. The molecule has 3 rings (SSSR count). The Balaban J connectivity index is 2.26. The van der Waals surface area contributed by atoms with Crippen LogP contribution < -0.4 is 0 Å². The molecule has 0 amide bonds. The van der Waals surface area contributed by atoms with Gasteiger partial charge in [-0.3, -0.25) is 0 Å². The number of benzene rings is 1. The van der Waals surface area contributed by atoms with Gasteiger partial charge in [0.15, 0.2) is 0 Å². The molecule has 0 fully saturated rings. The molecular weight excluding hydrogens is 289 g/mol. The van der Waals surface area contributed by atoms with E-state index in [1.807, 2.05) is 12.1 Å². The van der Waals surface area contributed by atoms with E-state index in [0.717, 1.165) is 16.6 Å². The number of H-pyrrole nitrogens is 2. The SMILES string of the molecule is S=c1[nH]cccc1-c1nc2cc(Cl)c(Cl)cc2[nH]1. The van der Waals surface area contributed by atoms with Gasteiger partial charge in [-0.05, 0) is 24.3 Å². The van der Waals surface area contributed by atoms with E-state index < -0.39 is 0 Å². The molecular formula is C12H7Cl2N3S. The van der Waals surface area contributed by atoms with Gasteiger partial charge in [-0.15, -0.1) is 0 Å². The number of fused-ring (bicyclic) bond motifs is 1. The van der Waals surface area contributed by atoms with Crippen molar-refractivity contribution in [2.24, 2.45) is 0 Å². The smallest absolute Gasteiger partial charge is 0.141 e. The van der Waals surface area contributed by atoms with Gasteiger partial charge in [-0.25, -0.2) is 4.98 Å². The van der Waals surface area contributed by atoms with Crippen LogP contribution in [0.2, 0.25) is 10.0 Å². The molecule has 2 N–H and O–H groups in total. The lowest BCUT2D eigenvalue weighted by Crippen LogP contribution is -1.83. The quantitative estimate of drug-likeness (QED) is 0.645. The van der Waals surface area contributed by atoms with Crippen LogP contribution in [-0.2, 0) is 0 Å². The Morgan fingerprint density at radius 1 is 1.17 bits per heavy atom. The molecule has 0 aliphatic heterocycles. The monoisotopic (exact) mass is 295 g/mol. The van der Waals surface area contributed by atoms with Crippen LogP contribution in [0, 0.1) is 4.64 Å². The molecule has 90 valence electrons. The maximum Gasteiger partial charge on any atom is 0.141 e. The largest absolute Gasteiger partial charge is 0.352 e. The predicted octanol–water partition coefficient (Wildman–Crippen LogP) is 4.59. The summed E-state index contributed by atoms with van der Waals surface area (Å²) in [4.78, 5) is 10.6. The van der Waals surface area contributed by atoms with Crippen LogP contribution in [0.3, 0.4) is 0 Å². The van der Waals surface area contributed by atoms with Gasteiger partial charge in [-0.2, -0.15) is 0 Å². The Morgan fingerprint density at radius 3 is 2.72 bits per heavy atom. The number of nitrogens with zero attached hydrogens (tertiary/aromatic N) is 1. The third-order valence-electron chi connectivity index (χ3n) is 2.60. The van der Waals surface area contributed by atoms with Crippen molar-refractivity contribution in [2.45, 2.75) is 0 Å². The topological polar surface area (TPSA) is 44.5 Å². The summed E-state index contributed by atoms with van der Waals surface area (Å²) in [5.74, 6) is 0.699. The van der Waals surface area contributed by atoms with E-state index in [1.54, 1.807) is 18.3 Å². The summed E-state index contributed by atoms with van der Waals surface area (Å²) in [5.41, 5.74) is 2.44. The first-order valence-corrected chi connectivity index (χ1v) is 6.34. The highest BCUT2D eigenvalue weighted by molar-refractivity contribution is 7.71. The molecule has 0 aliphatic carbocycles. The first-order valence-electron chi connectivity index (χ1n) is 5.18. The van der Waals surface area contributed by atoms with E-state index >= 15 is 0 Å². The van der Waals surface area contributed by atoms with Crippen molar-refractivity contribution in [2.75, 3.05) is 0 Å². The van der Waals surface area contributed by atoms with Gasteiger partial charge in [0.2, 0.25) is 0 Å². The first kappa shape index (κ1) is 11.7. The normalized spacial score (nSPS) is 11.0. The van der Waals surface area contributed by atoms with Crippen molar-refractivity contribution in [1.82, 2.24) is 15.0 Å². The van der Waals surface area contributed by atoms with Crippen molar-refractivity contribution >= 4 is 46.5 Å². The summed E-state index contributed by atoms with van der Waals surface area (Å²) in [7, 11) is 0.